The Bertz CT molecular complexity index is 435. The highest BCUT2D eigenvalue weighted by atomic mass is 79.9. The Hall–Kier alpha value is -0.280. The van der Waals surface area contributed by atoms with Crippen molar-refractivity contribution in [3.8, 4) is 0 Å². The average Bonchev–Trinajstić information content (AvgIpc) is 2.83. The highest BCUT2D eigenvalue weighted by molar-refractivity contribution is 9.10. The third-order valence-electron chi connectivity index (χ3n) is 4.68. The van der Waals surface area contributed by atoms with Gasteiger partial charge in [-0.15, -0.1) is 0 Å². The van der Waals surface area contributed by atoms with Crippen molar-refractivity contribution in [3.63, 3.8) is 0 Å². The minimum atomic E-state index is 0.186. The maximum Gasteiger partial charge on any atom is 0.121 e. The van der Waals surface area contributed by atoms with Crippen LogP contribution in [0.15, 0.2) is 21.2 Å². The fraction of sp³-hybridized carbons (Fsp3) is 0.778. The van der Waals surface area contributed by atoms with E-state index in [2.05, 4.69) is 48.9 Å². The molecule has 120 valence electrons. The number of rotatable bonds is 5. The van der Waals surface area contributed by atoms with Gasteiger partial charge in [0.15, 0.2) is 0 Å². The first-order valence-corrected chi connectivity index (χ1v) is 9.18. The molecule has 3 heteroatoms. The molecule has 1 N–H and O–H groups in total. The molecule has 0 aliphatic heterocycles. The lowest BCUT2D eigenvalue weighted by molar-refractivity contribution is 0.191. The van der Waals surface area contributed by atoms with Gasteiger partial charge in [-0.2, -0.15) is 0 Å². The quantitative estimate of drug-likeness (QED) is 0.729. The van der Waals surface area contributed by atoms with Gasteiger partial charge in [-0.3, -0.25) is 0 Å². The van der Waals surface area contributed by atoms with Crippen molar-refractivity contribution in [2.45, 2.75) is 71.3 Å². The Morgan fingerprint density at radius 3 is 2.67 bits per heavy atom. The van der Waals surface area contributed by atoms with Crippen LogP contribution >= 0.6 is 15.9 Å². The van der Waals surface area contributed by atoms with Crippen LogP contribution in [-0.2, 0) is 0 Å². The van der Waals surface area contributed by atoms with Gasteiger partial charge < -0.3 is 9.73 Å². The number of hydrogen-bond donors (Lipinski definition) is 1. The number of furan rings is 1. The predicted octanol–water partition coefficient (Wildman–Crippen LogP) is 5.73. The first-order valence-electron chi connectivity index (χ1n) is 8.38. The second-order valence-electron chi connectivity index (χ2n) is 7.60. The lowest BCUT2D eigenvalue weighted by Gasteiger charge is -2.37. The van der Waals surface area contributed by atoms with Gasteiger partial charge in [-0.05, 0) is 74.0 Å². The van der Waals surface area contributed by atoms with Crippen LogP contribution in [0.3, 0.4) is 0 Å². The highest BCUT2D eigenvalue weighted by Crippen LogP contribution is 2.44. The number of nitrogens with one attached hydrogen (secondary N) is 1. The first kappa shape index (κ1) is 17.1. The minimum Gasteiger partial charge on any atom is -0.468 e. The fourth-order valence-electron chi connectivity index (χ4n) is 3.56. The van der Waals surface area contributed by atoms with Crippen molar-refractivity contribution in [2.24, 2.45) is 11.8 Å². The zero-order valence-corrected chi connectivity index (χ0v) is 15.5. The molecule has 0 bridgehead atoms. The summed E-state index contributed by atoms with van der Waals surface area (Å²) >= 11 is 3.66. The molecule has 1 heterocycles. The van der Waals surface area contributed by atoms with Crippen molar-refractivity contribution in [2.75, 3.05) is 6.54 Å². The molecule has 0 saturated heterocycles. The predicted molar refractivity (Wildman–Crippen MR) is 92.6 cm³/mol. The van der Waals surface area contributed by atoms with Gasteiger partial charge in [0.25, 0.3) is 0 Å². The Kier molecular flexibility index (Phi) is 5.96. The van der Waals surface area contributed by atoms with Gasteiger partial charge >= 0.3 is 0 Å². The van der Waals surface area contributed by atoms with Crippen molar-refractivity contribution >= 4 is 15.9 Å². The summed E-state index contributed by atoms with van der Waals surface area (Å²) in [5.41, 5.74) is 0.186. The summed E-state index contributed by atoms with van der Waals surface area (Å²) < 4.78 is 6.96. The van der Waals surface area contributed by atoms with Gasteiger partial charge in [-0.1, -0.05) is 26.2 Å². The minimum absolute atomic E-state index is 0.186. The summed E-state index contributed by atoms with van der Waals surface area (Å²) in [6.07, 6.45) is 8.42. The monoisotopic (exact) mass is 355 g/mol. The molecule has 1 fully saturated rings. The fourth-order valence-corrected chi connectivity index (χ4v) is 4.06. The normalized spacial score (nSPS) is 27.0. The third kappa shape index (κ3) is 4.85. The van der Waals surface area contributed by atoms with Crippen LogP contribution in [0, 0.1) is 11.8 Å². The van der Waals surface area contributed by atoms with Crippen LogP contribution in [0.1, 0.15) is 71.5 Å². The van der Waals surface area contributed by atoms with E-state index in [0.29, 0.717) is 11.8 Å². The molecule has 0 radical (unpaired) electrons. The molecule has 2 rings (SSSR count). The Morgan fingerprint density at radius 1 is 1.33 bits per heavy atom. The van der Waals surface area contributed by atoms with E-state index in [4.69, 9.17) is 4.42 Å². The molecule has 1 aliphatic carbocycles. The van der Waals surface area contributed by atoms with Gasteiger partial charge in [0.2, 0.25) is 0 Å². The number of hydrogen-bond acceptors (Lipinski definition) is 2. The topological polar surface area (TPSA) is 25.2 Å². The van der Waals surface area contributed by atoms with Crippen molar-refractivity contribution in [1.29, 1.82) is 0 Å². The van der Waals surface area contributed by atoms with Crippen LogP contribution in [0.2, 0.25) is 0 Å². The van der Waals surface area contributed by atoms with Crippen LogP contribution in [0.25, 0.3) is 0 Å². The molecule has 3 atom stereocenters. The molecule has 3 unspecified atom stereocenters. The lowest BCUT2D eigenvalue weighted by atomic mass is 9.71. The molecule has 1 aromatic heterocycles. The zero-order chi connectivity index (χ0) is 15.5. The summed E-state index contributed by atoms with van der Waals surface area (Å²) in [5, 5.41) is 3.69. The third-order valence-corrected chi connectivity index (χ3v) is 5.33. The van der Waals surface area contributed by atoms with E-state index >= 15 is 0 Å². The van der Waals surface area contributed by atoms with Gasteiger partial charge in [0.05, 0.1) is 10.7 Å². The molecule has 0 spiro atoms. The molecule has 1 aromatic rings. The highest BCUT2D eigenvalue weighted by Gasteiger charge is 2.34. The van der Waals surface area contributed by atoms with E-state index in [1.807, 2.05) is 12.3 Å². The largest absolute Gasteiger partial charge is 0.468 e. The Morgan fingerprint density at radius 2 is 2.10 bits per heavy atom. The van der Waals surface area contributed by atoms with E-state index in [0.717, 1.165) is 22.7 Å². The molecule has 0 amide bonds. The van der Waals surface area contributed by atoms with Crippen molar-refractivity contribution < 1.29 is 4.42 Å². The summed E-state index contributed by atoms with van der Waals surface area (Å²) in [4.78, 5) is 0. The summed E-state index contributed by atoms with van der Waals surface area (Å²) in [7, 11) is 0. The summed E-state index contributed by atoms with van der Waals surface area (Å²) in [5.74, 6) is 3.26. The number of halogens is 1. The molecule has 21 heavy (non-hydrogen) atoms. The van der Waals surface area contributed by atoms with Gasteiger partial charge in [-0.25, -0.2) is 0 Å². The lowest BCUT2D eigenvalue weighted by Crippen LogP contribution is -2.41. The Balaban J connectivity index is 2.09. The van der Waals surface area contributed by atoms with E-state index in [-0.39, 0.29) is 5.54 Å². The second kappa shape index (κ2) is 7.32. The van der Waals surface area contributed by atoms with Crippen LogP contribution in [0.5, 0.6) is 0 Å². The molecular formula is C18H30BrNO. The summed E-state index contributed by atoms with van der Waals surface area (Å²) in [6, 6.07) is 2.03. The summed E-state index contributed by atoms with van der Waals surface area (Å²) in [6.45, 7) is 10.1. The maximum absolute atomic E-state index is 5.82. The van der Waals surface area contributed by atoms with Crippen molar-refractivity contribution in [1.82, 2.24) is 5.32 Å². The van der Waals surface area contributed by atoms with E-state index < -0.39 is 0 Å². The van der Waals surface area contributed by atoms with E-state index in [9.17, 15) is 0 Å². The smallest absolute Gasteiger partial charge is 0.121 e. The van der Waals surface area contributed by atoms with E-state index in [1.165, 1.54) is 32.1 Å². The zero-order valence-electron chi connectivity index (χ0n) is 13.9. The Labute approximate surface area is 138 Å². The molecule has 0 aromatic carbocycles. The van der Waals surface area contributed by atoms with E-state index in [1.54, 1.807) is 0 Å². The van der Waals surface area contributed by atoms with Crippen LogP contribution in [0.4, 0.5) is 0 Å². The second-order valence-corrected chi connectivity index (χ2v) is 8.45. The molecule has 2 nitrogen and oxygen atoms in total. The molecule has 1 aliphatic rings. The average molecular weight is 356 g/mol. The van der Waals surface area contributed by atoms with Crippen LogP contribution in [-0.4, -0.2) is 12.1 Å². The SMILES string of the molecule is CCCC1CCC(CNC(C)(C)C)C(c2occc2Br)C1. The first-order chi connectivity index (χ1) is 9.90. The van der Waals surface area contributed by atoms with Crippen LogP contribution < -0.4 is 5.32 Å². The van der Waals surface area contributed by atoms with Crippen molar-refractivity contribution in [3.05, 3.63) is 22.6 Å². The molecule has 1 saturated carbocycles. The maximum atomic E-state index is 5.82. The molecular weight excluding hydrogens is 326 g/mol. The standard InChI is InChI=1S/C18H30BrNO/c1-5-6-13-7-8-14(12-20-18(2,3)4)15(11-13)17-16(19)9-10-21-17/h9-10,13-15,20H,5-8,11-12H2,1-4H3. The van der Waals surface area contributed by atoms with Gasteiger partial charge in [0, 0.05) is 11.5 Å². The van der Waals surface area contributed by atoms with Gasteiger partial charge in [0.1, 0.15) is 5.76 Å².